The molecule has 108 valence electrons. The van der Waals surface area contributed by atoms with E-state index in [1.165, 1.54) is 0 Å². The number of aromatic nitrogens is 4. The van der Waals surface area contributed by atoms with Crippen LogP contribution < -0.4 is 5.32 Å². The fourth-order valence-electron chi connectivity index (χ4n) is 2.07. The molecule has 1 amide bonds. The van der Waals surface area contributed by atoms with Crippen LogP contribution in [0.2, 0.25) is 0 Å². The van der Waals surface area contributed by atoms with Gasteiger partial charge in [-0.25, -0.2) is 0 Å². The maximum atomic E-state index is 12.4. The molecular weight excluding hydrogens is 322 g/mol. The summed E-state index contributed by atoms with van der Waals surface area (Å²) in [6.45, 7) is 5.96. The fourth-order valence-corrected chi connectivity index (χ4v) is 2.51. The van der Waals surface area contributed by atoms with E-state index in [2.05, 4.69) is 31.4 Å². The number of hydrogen-bond acceptors (Lipinski definition) is 3. The molecule has 0 aliphatic heterocycles. The third-order valence-electron chi connectivity index (χ3n) is 3.09. The van der Waals surface area contributed by atoms with Gasteiger partial charge in [-0.2, -0.15) is 0 Å². The topological polar surface area (TPSA) is 64.7 Å². The van der Waals surface area contributed by atoms with Crippen molar-refractivity contribution in [3.63, 3.8) is 0 Å². The van der Waals surface area contributed by atoms with Gasteiger partial charge in [0.2, 0.25) is 0 Å². The van der Waals surface area contributed by atoms with Crippen molar-refractivity contribution in [1.29, 1.82) is 0 Å². The Bertz CT molecular complexity index is 616. The van der Waals surface area contributed by atoms with Crippen LogP contribution in [0.4, 0.5) is 0 Å². The Hall–Kier alpha value is -1.63. The van der Waals surface area contributed by atoms with Crippen molar-refractivity contribution in [2.24, 2.45) is 7.05 Å². The highest BCUT2D eigenvalue weighted by Crippen LogP contribution is 2.20. The van der Waals surface area contributed by atoms with Gasteiger partial charge in [-0.15, -0.1) is 10.2 Å². The Morgan fingerprint density at radius 1 is 1.40 bits per heavy atom. The number of carbonyl (C=O) groups is 1. The smallest absolute Gasteiger partial charge is 0.268 e. The Morgan fingerprint density at radius 2 is 2.10 bits per heavy atom. The largest absolute Gasteiger partial charge is 0.341 e. The van der Waals surface area contributed by atoms with E-state index in [0.29, 0.717) is 5.69 Å². The number of nitrogens with zero attached hydrogens (tertiary/aromatic N) is 4. The summed E-state index contributed by atoms with van der Waals surface area (Å²) in [7, 11) is 1.85. The summed E-state index contributed by atoms with van der Waals surface area (Å²) >= 11 is 3.41. The van der Waals surface area contributed by atoms with Crippen LogP contribution in [-0.4, -0.2) is 25.2 Å². The second-order valence-electron chi connectivity index (χ2n) is 5.04. The minimum absolute atomic E-state index is 0.125. The maximum absolute atomic E-state index is 12.4. The Kier molecular flexibility index (Phi) is 4.27. The predicted molar refractivity (Wildman–Crippen MR) is 79.4 cm³/mol. The fraction of sp³-hybridized carbons (Fsp3) is 0.462. The average Bonchev–Trinajstić information content (AvgIpc) is 2.95. The SMILES string of the molecule is CC(NC(=O)c1cc(Br)cn1C(C)C)c1nncn1C. The number of nitrogens with one attached hydrogen (secondary N) is 1. The summed E-state index contributed by atoms with van der Waals surface area (Å²) in [6.07, 6.45) is 3.53. The first kappa shape index (κ1) is 14.8. The summed E-state index contributed by atoms with van der Waals surface area (Å²) in [5.74, 6) is 0.597. The first-order valence-electron chi connectivity index (χ1n) is 6.42. The molecule has 0 aliphatic carbocycles. The van der Waals surface area contributed by atoms with E-state index < -0.39 is 0 Å². The lowest BCUT2D eigenvalue weighted by Gasteiger charge is -2.16. The van der Waals surface area contributed by atoms with E-state index in [1.54, 1.807) is 10.9 Å². The van der Waals surface area contributed by atoms with Crippen LogP contribution in [-0.2, 0) is 7.05 Å². The number of aryl methyl sites for hydroxylation is 1. The lowest BCUT2D eigenvalue weighted by Crippen LogP contribution is -2.30. The molecule has 1 atom stereocenters. The highest BCUT2D eigenvalue weighted by atomic mass is 79.9. The van der Waals surface area contributed by atoms with Crippen molar-refractivity contribution in [2.45, 2.75) is 32.9 Å². The van der Waals surface area contributed by atoms with Crippen LogP contribution in [0.1, 0.15) is 49.2 Å². The normalized spacial score (nSPS) is 12.7. The molecule has 2 aromatic rings. The molecule has 2 rings (SSSR count). The Balaban J connectivity index is 2.18. The highest BCUT2D eigenvalue weighted by molar-refractivity contribution is 9.10. The average molecular weight is 340 g/mol. The van der Waals surface area contributed by atoms with Gasteiger partial charge in [0.15, 0.2) is 5.82 Å². The summed E-state index contributed by atoms with van der Waals surface area (Å²) in [5, 5.41) is 10.8. The molecule has 2 heterocycles. The molecule has 7 heteroatoms. The lowest BCUT2D eigenvalue weighted by atomic mass is 10.2. The van der Waals surface area contributed by atoms with Gasteiger partial charge in [0.05, 0.1) is 6.04 Å². The molecule has 0 radical (unpaired) electrons. The standard InChI is InChI=1S/C13H18BrN5O/c1-8(2)19-6-10(14)5-11(19)13(20)16-9(3)12-17-15-7-18(12)4/h5-9H,1-4H3,(H,16,20). The minimum Gasteiger partial charge on any atom is -0.341 e. The number of amides is 1. The van der Waals surface area contributed by atoms with Gasteiger partial charge in [0, 0.05) is 23.8 Å². The van der Waals surface area contributed by atoms with Crippen molar-refractivity contribution in [3.8, 4) is 0 Å². The Labute approximate surface area is 126 Å². The minimum atomic E-state index is -0.204. The monoisotopic (exact) mass is 339 g/mol. The molecule has 0 fully saturated rings. The molecule has 1 unspecified atom stereocenters. The van der Waals surface area contributed by atoms with Gasteiger partial charge in [-0.3, -0.25) is 4.79 Å². The molecule has 0 saturated heterocycles. The van der Waals surface area contributed by atoms with Crippen molar-refractivity contribution in [1.82, 2.24) is 24.6 Å². The number of hydrogen-bond donors (Lipinski definition) is 1. The molecule has 0 spiro atoms. The molecule has 0 aliphatic rings. The predicted octanol–water partition coefficient (Wildman–Crippen LogP) is 2.45. The van der Waals surface area contributed by atoms with Crippen LogP contribution in [0.15, 0.2) is 23.1 Å². The summed E-state index contributed by atoms with van der Waals surface area (Å²) < 4.78 is 4.62. The van der Waals surface area contributed by atoms with Gasteiger partial charge in [-0.05, 0) is 42.8 Å². The number of rotatable bonds is 4. The number of carbonyl (C=O) groups excluding carboxylic acids is 1. The van der Waals surface area contributed by atoms with E-state index in [0.717, 1.165) is 10.3 Å². The number of halogens is 1. The molecule has 6 nitrogen and oxygen atoms in total. The van der Waals surface area contributed by atoms with E-state index in [4.69, 9.17) is 0 Å². The quantitative estimate of drug-likeness (QED) is 0.930. The first-order valence-corrected chi connectivity index (χ1v) is 7.21. The summed E-state index contributed by atoms with van der Waals surface area (Å²) in [6, 6.07) is 1.83. The van der Waals surface area contributed by atoms with E-state index in [9.17, 15) is 4.79 Å². The molecule has 20 heavy (non-hydrogen) atoms. The summed E-state index contributed by atoms with van der Waals surface area (Å²) in [5.41, 5.74) is 0.626. The van der Waals surface area contributed by atoms with Crippen molar-refractivity contribution in [2.75, 3.05) is 0 Å². The molecule has 1 N–H and O–H groups in total. The van der Waals surface area contributed by atoms with Gasteiger partial charge < -0.3 is 14.5 Å². The van der Waals surface area contributed by atoms with Crippen molar-refractivity contribution in [3.05, 3.63) is 34.6 Å². The molecule has 0 aromatic carbocycles. The second kappa shape index (κ2) is 5.78. The van der Waals surface area contributed by atoms with Gasteiger partial charge >= 0.3 is 0 Å². The van der Waals surface area contributed by atoms with Crippen LogP contribution in [0, 0.1) is 0 Å². The van der Waals surface area contributed by atoms with Crippen LogP contribution in [0.25, 0.3) is 0 Å². The van der Waals surface area contributed by atoms with Gasteiger partial charge in [0.1, 0.15) is 12.0 Å². The van der Waals surface area contributed by atoms with Crippen LogP contribution in [0.3, 0.4) is 0 Å². The van der Waals surface area contributed by atoms with Gasteiger partial charge in [0.25, 0.3) is 5.91 Å². The third-order valence-corrected chi connectivity index (χ3v) is 3.52. The van der Waals surface area contributed by atoms with E-state index in [1.807, 2.05) is 44.6 Å². The third kappa shape index (κ3) is 2.92. The van der Waals surface area contributed by atoms with Gasteiger partial charge in [-0.1, -0.05) is 0 Å². The van der Waals surface area contributed by atoms with Crippen LogP contribution >= 0.6 is 15.9 Å². The molecule has 0 bridgehead atoms. The molecule has 2 aromatic heterocycles. The van der Waals surface area contributed by atoms with Crippen molar-refractivity contribution >= 4 is 21.8 Å². The highest BCUT2D eigenvalue weighted by Gasteiger charge is 2.19. The zero-order valence-electron chi connectivity index (χ0n) is 12.0. The molecule has 0 saturated carbocycles. The maximum Gasteiger partial charge on any atom is 0.268 e. The van der Waals surface area contributed by atoms with E-state index in [-0.39, 0.29) is 18.0 Å². The first-order chi connectivity index (χ1) is 9.40. The Morgan fingerprint density at radius 3 is 2.65 bits per heavy atom. The second-order valence-corrected chi connectivity index (χ2v) is 5.96. The van der Waals surface area contributed by atoms with Crippen molar-refractivity contribution < 1.29 is 4.79 Å². The lowest BCUT2D eigenvalue weighted by molar-refractivity contribution is 0.0927. The molecular formula is C13H18BrN5O. The zero-order valence-corrected chi connectivity index (χ0v) is 13.5. The zero-order chi connectivity index (χ0) is 14.9. The summed E-state index contributed by atoms with van der Waals surface area (Å²) in [4.78, 5) is 12.4. The van der Waals surface area contributed by atoms with Crippen LogP contribution in [0.5, 0.6) is 0 Å². The van der Waals surface area contributed by atoms with E-state index >= 15 is 0 Å².